The predicted molar refractivity (Wildman–Crippen MR) is 61.3 cm³/mol. The van der Waals surface area contributed by atoms with Crippen molar-refractivity contribution in [3.8, 4) is 0 Å². The van der Waals surface area contributed by atoms with E-state index >= 15 is 0 Å². The maximum absolute atomic E-state index is 11.5. The van der Waals surface area contributed by atoms with Crippen LogP contribution in [-0.2, 0) is 15.4 Å². The Morgan fingerprint density at radius 1 is 1.60 bits per heavy atom. The van der Waals surface area contributed by atoms with Crippen molar-refractivity contribution in [2.75, 3.05) is 11.5 Å². The van der Waals surface area contributed by atoms with Crippen molar-refractivity contribution in [2.45, 2.75) is 25.8 Å². The van der Waals surface area contributed by atoms with E-state index < -0.39 is 9.84 Å². The Hall–Kier alpha value is -0.620. The number of hydrogen-bond acceptors (Lipinski definition) is 3. The standard InChI is InChI=1S/C9H14N2O2S2/c1-7-5-10-8(14)11(7)9(2)3-4-15(12,13)6-9/h5H,3-4,6H2,1-2H3,(H,10,14). The second-order valence-corrected chi connectivity index (χ2v) is 6.98. The monoisotopic (exact) mass is 246 g/mol. The Morgan fingerprint density at radius 3 is 2.67 bits per heavy atom. The van der Waals surface area contributed by atoms with E-state index in [1.54, 1.807) is 0 Å². The molecule has 1 aromatic rings. The molecule has 0 radical (unpaired) electrons. The van der Waals surface area contributed by atoms with Crippen LogP contribution >= 0.6 is 12.2 Å². The van der Waals surface area contributed by atoms with Crippen LogP contribution in [0.15, 0.2) is 6.20 Å². The van der Waals surface area contributed by atoms with Crippen molar-refractivity contribution >= 4 is 22.1 Å². The largest absolute Gasteiger partial charge is 0.337 e. The van der Waals surface area contributed by atoms with Crippen LogP contribution in [-0.4, -0.2) is 29.5 Å². The lowest BCUT2D eigenvalue weighted by molar-refractivity contribution is 0.354. The van der Waals surface area contributed by atoms with Crippen LogP contribution in [0, 0.1) is 11.7 Å². The molecule has 1 atom stereocenters. The molecule has 1 aromatic heterocycles. The lowest BCUT2D eigenvalue weighted by Gasteiger charge is -2.25. The molecular weight excluding hydrogens is 232 g/mol. The van der Waals surface area contributed by atoms with Gasteiger partial charge in [0.1, 0.15) is 0 Å². The average molecular weight is 246 g/mol. The zero-order valence-electron chi connectivity index (χ0n) is 8.78. The quantitative estimate of drug-likeness (QED) is 0.762. The molecule has 2 rings (SSSR count). The number of aromatic amines is 1. The summed E-state index contributed by atoms with van der Waals surface area (Å²) in [5, 5.41) is 0. The molecule has 0 spiro atoms. The van der Waals surface area contributed by atoms with Gasteiger partial charge in [0.15, 0.2) is 14.6 Å². The summed E-state index contributed by atoms with van der Waals surface area (Å²) in [6.45, 7) is 3.89. The number of rotatable bonds is 1. The number of aryl methyl sites for hydroxylation is 1. The molecule has 0 aliphatic carbocycles. The van der Waals surface area contributed by atoms with Crippen molar-refractivity contribution in [1.82, 2.24) is 9.55 Å². The van der Waals surface area contributed by atoms with E-state index in [1.807, 2.05) is 24.6 Å². The molecular formula is C9H14N2O2S2. The molecule has 15 heavy (non-hydrogen) atoms. The number of H-pyrrole nitrogens is 1. The van der Waals surface area contributed by atoms with Crippen LogP contribution < -0.4 is 0 Å². The summed E-state index contributed by atoms with van der Waals surface area (Å²) in [5.74, 6) is 0.447. The first-order valence-corrected chi connectivity index (χ1v) is 7.05. The molecule has 84 valence electrons. The number of nitrogens with zero attached hydrogens (tertiary/aromatic N) is 1. The first-order valence-electron chi connectivity index (χ1n) is 4.82. The van der Waals surface area contributed by atoms with Crippen molar-refractivity contribution in [3.63, 3.8) is 0 Å². The van der Waals surface area contributed by atoms with Gasteiger partial charge in [-0.05, 0) is 32.5 Å². The zero-order chi connectivity index (χ0) is 11.3. The van der Waals surface area contributed by atoms with Crippen LogP contribution in [0.2, 0.25) is 0 Å². The molecule has 2 heterocycles. The smallest absolute Gasteiger partial charge is 0.177 e. The lowest BCUT2D eigenvalue weighted by Crippen LogP contribution is -2.32. The Balaban J connectivity index is 2.53. The van der Waals surface area contributed by atoms with Crippen LogP contribution in [0.25, 0.3) is 0 Å². The summed E-state index contributed by atoms with van der Waals surface area (Å²) in [5.41, 5.74) is 0.611. The van der Waals surface area contributed by atoms with Crippen molar-refractivity contribution in [1.29, 1.82) is 0 Å². The number of imidazole rings is 1. The van der Waals surface area contributed by atoms with Crippen LogP contribution in [0.4, 0.5) is 0 Å². The summed E-state index contributed by atoms with van der Waals surface area (Å²) in [6, 6.07) is 0. The van der Waals surface area contributed by atoms with Gasteiger partial charge in [-0.2, -0.15) is 0 Å². The van der Waals surface area contributed by atoms with Crippen LogP contribution in [0.3, 0.4) is 0 Å². The molecule has 4 nitrogen and oxygen atoms in total. The van der Waals surface area contributed by atoms with Gasteiger partial charge in [-0.3, -0.25) is 0 Å². The lowest BCUT2D eigenvalue weighted by atomic mass is 10.0. The molecule has 0 bridgehead atoms. The highest BCUT2D eigenvalue weighted by molar-refractivity contribution is 7.91. The van der Waals surface area contributed by atoms with Gasteiger partial charge in [0.25, 0.3) is 0 Å². The minimum Gasteiger partial charge on any atom is -0.337 e. The van der Waals surface area contributed by atoms with Crippen molar-refractivity contribution < 1.29 is 8.42 Å². The second-order valence-electron chi connectivity index (χ2n) is 4.41. The fourth-order valence-corrected chi connectivity index (χ4v) is 4.84. The molecule has 1 fully saturated rings. The molecule has 1 aliphatic rings. The Labute approximate surface area is 94.2 Å². The normalized spacial score (nSPS) is 29.5. The minimum absolute atomic E-state index is 0.188. The van der Waals surface area contributed by atoms with Crippen LogP contribution in [0.5, 0.6) is 0 Å². The van der Waals surface area contributed by atoms with Crippen LogP contribution in [0.1, 0.15) is 19.0 Å². The fraction of sp³-hybridized carbons (Fsp3) is 0.667. The molecule has 6 heteroatoms. The Bertz CT molecular complexity index is 541. The van der Waals surface area contributed by atoms with E-state index in [-0.39, 0.29) is 17.0 Å². The third-order valence-electron chi connectivity index (χ3n) is 2.98. The Morgan fingerprint density at radius 2 is 2.27 bits per heavy atom. The summed E-state index contributed by atoms with van der Waals surface area (Å²) < 4.78 is 25.5. The van der Waals surface area contributed by atoms with Gasteiger partial charge in [0.05, 0.1) is 17.0 Å². The molecule has 1 unspecified atom stereocenters. The number of nitrogens with one attached hydrogen (secondary N) is 1. The first-order chi connectivity index (χ1) is 6.84. The van der Waals surface area contributed by atoms with E-state index in [2.05, 4.69) is 4.98 Å². The van der Waals surface area contributed by atoms with Crippen molar-refractivity contribution in [3.05, 3.63) is 16.7 Å². The van der Waals surface area contributed by atoms with Gasteiger partial charge < -0.3 is 9.55 Å². The van der Waals surface area contributed by atoms with Gasteiger partial charge >= 0.3 is 0 Å². The third-order valence-corrected chi connectivity index (χ3v) is 5.17. The molecule has 1 saturated heterocycles. The highest BCUT2D eigenvalue weighted by atomic mass is 32.2. The Kier molecular flexibility index (Phi) is 2.31. The highest BCUT2D eigenvalue weighted by Gasteiger charge is 2.40. The minimum atomic E-state index is -2.89. The summed E-state index contributed by atoms with van der Waals surface area (Å²) in [4.78, 5) is 2.95. The number of aromatic nitrogens is 2. The summed E-state index contributed by atoms with van der Waals surface area (Å²) in [6.07, 6.45) is 2.46. The van der Waals surface area contributed by atoms with Gasteiger partial charge in [-0.25, -0.2) is 8.42 Å². The van der Waals surface area contributed by atoms with E-state index in [0.717, 1.165) is 5.69 Å². The van der Waals surface area contributed by atoms with E-state index in [0.29, 0.717) is 11.2 Å². The molecule has 0 saturated carbocycles. The van der Waals surface area contributed by atoms with E-state index in [1.165, 1.54) is 0 Å². The average Bonchev–Trinajstić information content (AvgIpc) is 2.55. The second kappa shape index (κ2) is 3.18. The maximum atomic E-state index is 11.5. The predicted octanol–water partition coefficient (Wildman–Crippen LogP) is 1.39. The summed E-state index contributed by atoms with van der Waals surface area (Å²) >= 11 is 5.17. The highest BCUT2D eigenvalue weighted by Crippen LogP contribution is 2.31. The van der Waals surface area contributed by atoms with Gasteiger partial charge in [0, 0.05) is 11.9 Å². The maximum Gasteiger partial charge on any atom is 0.177 e. The van der Waals surface area contributed by atoms with E-state index in [9.17, 15) is 8.42 Å². The molecule has 0 aromatic carbocycles. The SMILES string of the molecule is Cc1c[nH]c(=S)n1C1(C)CCS(=O)(=O)C1. The fourth-order valence-electron chi connectivity index (χ4n) is 2.30. The van der Waals surface area contributed by atoms with Crippen molar-refractivity contribution in [2.24, 2.45) is 0 Å². The molecule has 1 aliphatic heterocycles. The van der Waals surface area contributed by atoms with Gasteiger partial charge in [0.2, 0.25) is 0 Å². The summed E-state index contributed by atoms with van der Waals surface area (Å²) in [7, 11) is -2.89. The van der Waals surface area contributed by atoms with E-state index in [4.69, 9.17) is 12.2 Å². The molecule has 0 amide bonds. The van der Waals surface area contributed by atoms with Gasteiger partial charge in [-0.1, -0.05) is 0 Å². The topological polar surface area (TPSA) is 54.9 Å². The zero-order valence-corrected chi connectivity index (χ0v) is 10.4. The molecule has 1 N–H and O–H groups in total. The first kappa shape index (κ1) is 10.9. The number of hydrogen-bond donors (Lipinski definition) is 1. The third kappa shape index (κ3) is 1.76. The number of sulfone groups is 1. The van der Waals surface area contributed by atoms with Gasteiger partial charge in [-0.15, -0.1) is 0 Å².